The van der Waals surface area contributed by atoms with Crippen LogP contribution in [-0.2, 0) is 17.7 Å². The maximum absolute atomic E-state index is 5.15. The van der Waals surface area contributed by atoms with Crippen LogP contribution in [0.1, 0.15) is 41.2 Å². The van der Waals surface area contributed by atoms with Crippen LogP contribution in [0.4, 0.5) is 0 Å². The molecule has 0 spiro atoms. The normalized spacial score (nSPS) is 12.8. The van der Waals surface area contributed by atoms with Gasteiger partial charge in [-0.25, -0.2) is 9.97 Å². The molecule has 0 radical (unpaired) electrons. The van der Waals surface area contributed by atoms with Gasteiger partial charge in [0.15, 0.2) is 0 Å². The Bertz CT molecular complexity index is 564. The fourth-order valence-electron chi connectivity index (χ4n) is 2.36. The third-order valence-electron chi connectivity index (χ3n) is 3.53. The smallest absolute Gasteiger partial charge is 0.116 e. The summed E-state index contributed by atoms with van der Waals surface area (Å²) in [6, 6.07) is 0.0756. The lowest BCUT2D eigenvalue weighted by Gasteiger charge is -2.18. The van der Waals surface area contributed by atoms with Crippen LogP contribution in [0.25, 0.3) is 0 Å². The molecule has 116 valence electrons. The van der Waals surface area contributed by atoms with E-state index >= 15 is 0 Å². The lowest BCUT2D eigenvalue weighted by atomic mass is 10.2. The number of rotatable bonds is 8. The van der Waals surface area contributed by atoms with Gasteiger partial charge in [0.1, 0.15) is 11.0 Å². The zero-order valence-electron chi connectivity index (χ0n) is 13.2. The molecule has 0 amide bonds. The second kappa shape index (κ2) is 7.68. The molecular formula is C15H24N4OS. The molecule has 0 bridgehead atoms. The SMILES string of the molecule is CCc1nc(C(NCCOC)c2cncn2CC)sc1C. The van der Waals surface area contributed by atoms with Gasteiger partial charge in [0.25, 0.3) is 0 Å². The Morgan fingerprint density at radius 2 is 2.24 bits per heavy atom. The van der Waals surface area contributed by atoms with E-state index in [1.54, 1.807) is 18.4 Å². The third kappa shape index (κ3) is 3.70. The van der Waals surface area contributed by atoms with E-state index < -0.39 is 0 Å². The van der Waals surface area contributed by atoms with Crippen molar-refractivity contribution in [3.63, 3.8) is 0 Å². The monoisotopic (exact) mass is 308 g/mol. The van der Waals surface area contributed by atoms with Gasteiger partial charge >= 0.3 is 0 Å². The second-order valence-corrected chi connectivity index (χ2v) is 6.13. The number of hydrogen-bond acceptors (Lipinski definition) is 5. The molecule has 0 aliphatic carbocycles. The number of imidazole rings is 1. The van der Waals surface area contributed by atoms with E-state index in [4.69, 9.17) is 9.72 Å². The Morgan fingerprint density at radius 3 is 2.86 bits per heavy atom. The number of thiazole rings is 1. The van der Waals surface area contributed by atoms with Gasteiger partial charge in [0.2, 0.25) is 0 Å². The van der Waals surface area contributed by atoms with Crippen molar-refractivity contribution in [3.8, 4) is 0 Å². The number of nitrogens with zero attached hydrogens (tertiary/aromatic N) is 3. The van der Waals surface area contributed by atoms with Crippen LogP contribution in [0.5, 0.6) is 0 Å². The Labute approximate surface area is 130 Å². The van der Waals surface area contributed by atoms with E-state index in [-0.39, 0.29) is 6.04 Å². The Kier molecular flexibility index (Phi) is 5.90. The maximum atomic E-state index is 5.15. The molecular weight excluding hydrogens is 284 g/mol. The zero-order valence-corrected chi connectivity index (χ0v) is 14.0. The number of methoxy groups -OCH3 is 1. The summed E-state index contributed by atoms with van der Waals surface area (Å²) in [5.74, 6) is 0. The highest BCUT2D eigenvalue weighted by Gasteiger charge is 2.21. The van der Waals surface area contributed by atoms with Crippen LogP contribution < -0.4 is 5.32 Å². The van der Waals surface area contributed by atoms with Gasteiger partial charge in [-0.2, -0.15) is 0 Å². The van der Waals surface area contributed by atoms with Gasteiger partial charge in [-0.3, -0.25) is 0 Å². The second-order valence-electron chi connectivity index (χ2n) is 4.89. The molecule has 2 heterocycles. The molecule has 0 saturated heterocycles. The molecule has 1 atom stereocenters. The summed E-state index contributed by atoms with van der Waals surface area (Å²) >= 11 is 1.77. The van der Waals surface area contributed by atoms with Gasteiger partial charge in [-0.15, -0.1) is 11.3 Å². The minimum Gasteiger partial charge on any atom is -0.383 e. The van der Waals surface area contributed by atoms with Crippen LogP contribution in [0.2, 0.25) is 0 Å². The van der Waals surface area contributed by atoms with Crippen LogP contribution in [0, 0.1) is 6.92 Å². The molecule has 21 heavy (non-hydrogen) atoms. The van der Waals surface area contributed by atoms with E-state index in [0.717, 1.165) is 30.2 Å². The highest BCUT2D eigenvalue weighted by atomic mass is 32.1. The van der Waals surface area contributed by atoms with Gasteiger partial charge in [-0.1, -0.05) is 6.92 Å². The molecule has 1 unspecified atom stereocenters. The molecule has 0 aliphatic rings. The summed E-state index contributed by atoms with van der Waals surface area (Å²) in [6.07, 6.45) is 4.78. The molecule has 2 aromatic rings. The van der Waals surface area contributed by atoms with E-state index in [9.17, 15) is 0 Å². The summed E-state index contributed by atoms with van der Waals surface area (Å²) in [4.78, 5) is 10.4. The van der Waals surface area contributed by atoms with Crippen molar-refractivity contribution in [2.45, 2.75) is 39.8 Å². The maximum Gasteiger partial charge on any atom is 0.116 e. The van der Waals surface area contributed by atoms with Crippen LogP contribution in [0.3, 0.4) is 0 Å². The molecule has 1 N–H and O–H groups in total. The third-order valence-corrected chi connectivity index (χ3v) is 4.60. The Hall–Kier alpha value is -1.24. The topological polar surface area (TPSA) is 52.0 Å². The van der Waals surface area contributed by atoms with E-state index in [0.29, 0.717) is 6.61 Å². The summed E-state index contributed by atoms with van der Waals surface area (Å²) in [6.45, 7) is 8.79. The summed E-state index contributed by atoms with van der Waals surface area (Å²) in [7, 11) is 1.72. The van der Waals surface area contributed by atoms with Gasteiger partial charge in [-0.05, 0) is 20.3 Å². The molecule has 0 saturated carbocycles. The van der Waals surface area contributed by atoms with Crippen molar-refractivity contribution in [3.05, 3.63) is 33.8 Å². The predicted octanol–water partition coefficient (Wildman–Crippen LogP) is 2.56. The molecule has 0 aromatic carbocycles. The van der Waals surface area contributed by atoms with E-state index in [2.05, 4.69) is 35.6 Å². The minimum atomic E-state index is 0.0756. The van der Waals surface area contributed by atoms with Gasteiger partial charge in [0.05, 0.1) is 30.5 Å². The number of nitrogens with one attached hydrogen (secondary N) is 1. The fraction of sp³-hybridized carbons (Fsp3) is 0.600. The first-order valence-electron chi connectivity index (χ1n) is 7.39. The minimum absolute atomic E-state index is 0.0756. The van der Waals surface area contributed by atoms with Crippen molar-refractivity contribution in [1.82, 2.24) is 19.9 Å². The van der Waals surface area contributed by atoms with Gasteiger partial charge in [0, 0.05) is 25.1 Å². The summed E-state index contributed by atoms with van der Waals surface area (Å²) in [5, 5.41) is 4.65. The zero-order chi connectivity index (χ0) is 15.2. The van der Waals surface area contributed by atoms with Crippen LogP contribution >= 0.6 is 11.3 Å². The van der Waals surface area contributed by atoms with E-state index in [1.807, 2.05) is 12.5 Å². The molecule has 0 aliphatic heterocycles. The number of ether oxygens (including phenoxy) is 1. The van der Waals surface area contributed by atoms with Crippen molar-refractivity contribution >= 4 is 11.3 Å². The van der Waals surface area contributed by atoms with Crippen LogP contribution in [-0.4, -0.2) is 34.8 Å². The lowest BCUT2D eigenvalue weighted by Crippen LogP contribution is -2.27. The average molecular weight is 308 g/mol. The van der Waals surface area contributed by atoms with Crippen molar-refractivity contribution in [2.75, 3.05) is 20.3 Å². The molecule has 6 heteroatoms. The quantitative estimate of drug-likeness (QED) is 0.762. The lowest BCUT2D eigenvalue weighted by molar-refractivity contribution is 0.197. The van der Waals surface area contributed by atoms with Crippen molar-refractivity contribution < 1.29 is 4.74 Å². The molecule has 0 fully saturated rings. The first-order chi connectivity index (χ1) is 10.2. The van der Waals surface area contributed by atoms with Crippen molar-refractivity contribution in [2.24, 2.45) is 0 Å². The van der Waals surface area contributed by atoms with Crippen molar-refractivity contribution in [1.29, 1.82) is 0 Å². The summed E-state index contributed by atoms with van der Waals surface area (Å²) < 4.78 is 7.31. The first-order valence-corrected chi connectivity index (χ1v) is 8.21. The van der Waals surface area contributed by atoms with Gasteiger partial charge < -0.3 is 14.6 Å². The number of aryl methyl sites for hydroxylation is 3. The van der Waals surface area contributed by atoms with Crippen LogP contribution in [0.15, 0.2) is 12.5 Å². The Morgan fingerprint density at radius 1 is 1.43 bits per heavy atom. The molecule has 5 nitrogen and oxygen atoms in total. The first kappa shape index (κ1) is 16.1. The highest BCUT2D eigenvalue weighted by molar-refractivity contribution is 7.11. The average Bonchev–Trinajstić information content (AvgIpc) is 3.09. The number of hydrogen-bond donors (Lipinski definition) is 1. The number of aromatic nitrogens is 3. The standard InChI is InChI=1S/C15H24N4OS/c1-5-12-11(3)21-15(18-12)14(17-7-8-20-4)13-9-16-10-19(13)6-2/h9-10,14,17H,5-8H2,1-4H3. The molecule has 2 rings (SSSR count). The largest absolute Gasteiger partial charge is 0.383 e. The summed E-state index contributed by atoms with van der Waals surface area (Å²) in [5.41, 5.74) is 2.35. The molecule has 2 aromatic heterocycles. The Balaban J connectivity index is 2.30. The van der Waals surface area contributed by atoms with E-state index in [1.165, 1.54) is 10.6 Å². The highest BCUT2D eigenvalue weighted by Crippen LogP contribution is 2.28. The fourth-order valence-corrected chi connectivity index (χ4v) is 3.46. The predicted molar refractivity (Wildman–Crippen MR) is 85.9 cm³/mol.